The molecule has 0 aliphatic carbocycles. The highest BCUT2D eigenvalue weighted by molar-refractivity contribution is 7.98. The SMILES string of the molecule is COc1cc(C(=O)N=C(CCCCSC)C(=O)O)cc(OC)c1OC. The topological polar surface area (TPSA) is 94.4 Å². The Kier molecular flexibility index (Phi) is 8.83. The molecule has 1 rings (SSSR count). The number of hydrogen-bond donors (Lipinski definition) is 1. The van der Waals surface area contributed by atoms with E-state index in [1.165, 1.54) is 33.5 Å². The molecule has 0 bridgehead atoms. The number of hydrogen-bond acceptors (Lipinski definition) is 6. The third-order valence-electron chi connectivity index (χ3n) is 3.41. The van der Waals surface area contributed by atoms with Crippen LogP contribution in [-0.4, -0.2) is 56.0 Å². The number of aliphatic carboxylic acids is 1. The molecule has 0 atom stereocenters. The quantitative estimate of drug-likeness (QED) is 0.500. The monoisotopic (exact) mass is 369 g/mol. The summed E-state index contributed by atoms with van der Waals surface area (Å²) in [5.41, 5.74) is 0.0113. The minimum Gasteiger partial charge on any atom is -0.493 e. The van der Waals surface area contributed by atoms with Crippen LogP contribution in [0.5, 0.6) is 17.2 Å². The molecule has 1 aromatic rings. The van der Waals surface area contributed by atoms with Crippen molar-refractivity contribution in [2.24, 2.45) is 4.99 Å². The molecule has 0 saturated carbocycles. The van der Waals surface area contributed by atoms with E-state index in [9.17, 15) is 14.7 Å². The summed E-state index contributed by atoms with van der Waals surface area (Å²) in [6.07, 6.45) is 3.76. The van der Waals surface area contributed by atoms with Gasteiger partial charge in [-0.2, -0.15) is 11.8 Å². The number of carbonyl (C=O) groups is 2. The van der Waals surface area contributed by atoms with Crippen molar-refractivity contribution in [1.29, 1.82) is 0 Å². The van der Waals surface area contributed by atoms with E-state index >= 15 is 0 Å². The number of thioether (sulfide) groups is 1. The van der Waals surface area contributed by atoms with Crippen molar-refractivity contribution >= 4 is 29.4 Å². The molecule has 0 fully saturated rings. The van der Waals surface area contributed by atoms with Crippen LogP contribution in [0.4, 0.5) is 0 Å². The maximum atomic E-state index is 12.4. The second kappa shape index (κ2) is 10.6. The highest BCUT2D eigenvalue weighted by Crippen LogP contribution is 2.38. The Labute approximate surface area is 151 Å². The first-order valence-corrected chi connectivity index (χ1v) is 9.02. The number of rotatable bonds is 10. The molecule has 1 N–H and O–H groups in total. The molecular formula is C17H23NO6S. The lowest BCUT2D eigenvalue weighted by Crippen LogP contribution is -2.15. The number of carboxylic acids is 1. The summed E-state index contributed by atoms with van der Waals surface area (Å²) in [4.78, 5) is 27.5. The van der Waals surface area contributed by atoms with E-state index in [1.807, 2.05) is 6.26 Å². The smallest absolute Gasteiger partial charge is 0.350 e. The van der Waals surface area contributed by atoms with Crippen molar-refractivity contribution in [3.63, 3.8) is 0 Å². The number of methoxy groups -OCH3 is 3. The Bertz CT molecular complexity index is 619. The van der Waals surface area contributed by atoms with Crippen molar-refractivity contribution < 1.29 is 28.9 Å². The summed E-state index contributed by atoms with van der Waals surface area (Å²) in [7, 11) is 4.32. The summed E-state index contributed by atoms with van der Waals surface area (Å²) < 4.78 is 15.6. The van der Waals surface area contributed by atoms with Gasteiger partial charge in [-0.1, -0.05) is 0 Å². The molecule has 0 unspecified atom stereocenters. The molecule has 0 saturated heterocycles. The molecule has 8 heteroatoms. The first-order valence-electron chi connectivity index (χ1n) is 7.62. The number of unbranched alkanes of at least 4 members (excludes halogenated alkanes) is 1. The van der Waals surface area contributed by atoms with E-state index in [4.69, 9.17) is 14.2 Å². The standard InChI is InChI=1S/C17H23NO6S/c1-22-13-9-11(10-14(23-2)15(13)24-3)16(19)18-12(17(20)21)7-5-6-8-25-4/h9-10H,5-8H2,1-4H3,(H,20,21). The molecule has 138 valence electrons. The molecule has 0 radical (unpaired) electrons. The molecular weight excluding hydrogens is 346 g/mol. The van der Waals surface area contributed by atoms with Gasteiger partial charge in [-0.25, -0.2) is 9.79 Å². The first-order chi connectivity index (χ1) is 12.0. The van der Waals surface area contributed by atoms with Gasteiger partial charge in [0.2, 0.25) is 5.75 Å². The van der Waals surface area contributed by atoms with E-state index in [2.05, 4.69) is 4.99 Å². The summed E-state index contributed by atoms with van der Waals surface area (Å²) in [6.45, 7) is 0. The molecule has 1 aromatic carbocycles. The van der Waals surface area contributed by atoms with Crippen LogP contribution in [0.1, 0.15) is 29.6 Å². The number of carbonyl (C=O) groups excluding carboxylic acids is 1. The minimum atomic E-state index is -1.19. The van der Waals surface area contributed by atoms with Gasteiger partial charge in [-0.3, -0.25) is 4.79 Å². The number of benzene rings is 1. The van der Waals surface area contributed by atoms with Gasteiger partial charge in [0.1, 0.15) is 5.71 Å². The maximum Gasteiger partial charge on any atom is 0.350 e. The van der Waals surface area contributed by atoms with Crippen LogP contribution >= 0.6 is 11.8 Å². The number of amides is 1. The molecule has 0 aliphatic heterocycles. The lowest BCUT2D eigenvalue weighted by molar-refractivity contribution is -0.129. The average Bonchev–Trinajstić information content (AvgIpc) is 2.62. The summed E-state index contributed by atoms with van der Waals surface area (Å²) in [6, 6.07) is 2.89. The lowest BCUT2D eigenvalue weighted by Gasteiger charge is -2.13. The van der Waals surface area contributed by atoms with Gasteiger partial charge in [0.25, 0.3) is 5.91 Å². The summed E-state index contributed by atoms with van der Waals surface area (Å²) in [5, 5.41) is 9.25. The van der Waals surface area contributed by atoms with E-state index in [0.29, 0.717) is 23.7 Å². The third kappa shape index (κ3) is 5.97. The summed E-state index contributed by atoms with van der Waals surface area (Å²) in [5.74, 6) is 0.0373. The van der Waals surface area contributed by atoms with Gasteiger partial charge in [-0.15, -0.1) is 0 Å². The van der Waals surface area contributed by atoms with Gasteiger partial charge in [-0.05, 0) is 43.4 Å². The predicted octanol–water partition coefficient (Wildman–Crippen LogP) is 2.91. The first kappa shape index (κ1) is 20.8. The Hall–Kier alpha value is -2.22. The van der Waals surface area contributed by atoms with Crippen molar-refractivity contribution in [2.45, 2.75) is 19.3 Å². The lowest BCUT2D eigenvalue weighted by atomic mass is 10.1. The van der Waals surface area contributed by atoms with Crippen LogP contribution in [0.3, 0.4) is 0 Å². The fourth-order valence-electron chi connectivity index (χ4n) is 2.14. The van der Waals surface area contributed by atoms with Crippen LogP contribution in [0.25, 0.3) is 0 Å². The number of nitrogens with zero attached hydrogens (tertiary/aromatic N) is 1. The second-order valence-corrected chi connectivity index (χ2v) is 6.02. The fraction of sp³-hybridized carbons (Fsp3) is 0.471. The van der Waals surface area contributed by atoms with Crippen LogP contribution in [0.15, 0.2) is 17.1 Å². The van der Waals surface area contributed by atoms with Gasteiger partial charge in [0.05, 0.1) is 21.3 Å². The van der Waals surface area contributed by atoms with E-state index in [-0.39, 0.29) is 17.7 Å². The second-order valence-electron chi connectivity index (χ2n) is 5.03. The van der Waals surface area contributed by atoms with Crippen LogP contribution in [0.2, 0.25) is 0 Å². The van der Waals surface area contributed by atoms with Crippen molar-refractivity contribution in [2.75, 3.05) is 33.3 Å². The Balaban J connectivity index is 3.08. The van der Waals surface area contributed by atoms with Gasteiger partial charge in [0.15, 0.2) is 11.5 Å². The number of carboxylic acid groups (broad SMARTS) is 1. The van der Waals surface area contributed by atoms with Gasteiger partial charge < -0.3 is 19.3 Å². The van der Waals surface area contributed by atoms with Gasteiger partial charge in [0, 0.05) is 5.56 Å². The maximum absolute atomic E-state index is 12.4. The zero-order valence-electron chi connectivity index (χ0n) is 14.8. The molecule has 25 heavy (non-hydrogen) atoms. The Morgan fingerprint density at radius 3 is 2.12 bits per heavy atom. The van der Waals surface area contributed by atoms with Gasteiger partial charge >= 0.3 is 5.97 Å². The van der Waals surface area contributed by atoms with Crippen molar-refractivity contribution in [3.8, 4) is 17.2 Å². The Morgan fingerprint density at radius 2 is 1.68 bits per heavy atom. The van der Waals surface area contributed by atoms with Crippen LogP contribution in [-0.2, 0) is 4.79 Å². The molecule has 1 amide bonds. The predicted molar refractivity (Wildman–Crippen MR) is 97.7 cm³/mol. The van der Waals surface area contributed by atoms with E-state index in [1.54, 1.807) is 11.8 Å². The van der Waals surface area contributed by atoms with Crippen LogP contribution in [0, 0.1) is 0 Å². The third-order valence-corrected chi connectivity index (χ3v) is 4.10. The molecule has 0 heterocycles. The molecule has 0 aromatic heterocycles. The number of aliphatic imine (C=N–C) groups is 1. The molecule has 7 nitrogen and oxygen atoms in total. The van der Waals surface area contributed by atoms with E-state index < -0.39 is 11.9 Å². The fourth-order valence-corrected chi connectivity index (χ4v) is 2.63. The highest BCUT2D eigenvalue weighted by atomic mass is 32.2. The van der Waals surface area contributed by atoms with Crippen molar-refractivity contribution in [1.82, 2.24) is 0 Å². The molecule has 0 aliphatic rings. The largest absolute Gasteiger partial charge is 0.493 e. The normalized spacial score (nSPS) is 11.1. The zero-order chi connectivity index (χ0) is 18.8. The summed E-state index contributed by atoms with van der Waals surface area (Å²) >= 11 is 1.69. The van der Waals surface area contributed by atoms with Crippen molar-refractivity contribution in [3.05, 3.63) is 17.7 Å². The highest BCUT2D eigenvalue weighted by Gasteiger charge is 2.18. The zero-order valence-corrected chi connectivity index (χ0v) is 15.6. The molecule has 0 spiro atoms. The number of ether oxygens (including phenoxy) is 3. The van der Waals surface area contributed by atoms with E-state index in [0.717, 1.165) is 12.2 Å². The average molecular weight is 369 g/mol. The minimum absolute atomic E-state index is 0.153. The van der Waals surface area contributed by atoms with Crippen LogP contribution < -0.4 is 14.2 Å². The Morgan fingerprint density at radius 1 is 1.08 bits per heavy atom.